The van der Waals surface area contributed by atoms with Gasteiger partial charge < -0.3 is 19.5 Å². The van der Waals surface area contributed by atoms with Crippen LogP contribution in [0.2, 0.25) is 0 Å². The van der Waals surface area contributed by atoms with Gasteiger partial charge in [-0.3, -0.25) is 4.79 Å². The Bertz CT molecular complexity index is 454. The van der Waals surface area contributed by atoms with E-state index in [1.165, 1.54) is 32.1 Å². The number of aliphatic hydroxyl groups is 1. The molecule has 3 atom stereocenters. The Balaban J connectivity index is 1.82. The van der Waals surface area contributed by atoms with Gasteiger partial charge in [0.15, 0.2) is 5.76 Å². The zero-order chi connectivity index (χ0) is 16.9. The van der Waals surface area contributed by atoms with E-state index in [1.807, 2.05) is 6.92 Å². The Morgan fingerprint density at radius 1 is 1.33 bits per heavy atom. The van der Waals surface area contributed by atoms with Crippen molar-refractivity contribution < 1.29 is 19.4 Å². The molecule has 0 aromatic heterocycles. The molecule has 1 saturated heterocycles. The number of ether oxygens (including phenoxy) is 2. The molecule has 1 aliphatic carbocycles. The van der Waals surface area contributed by atoms with Crippen LogP contribution in [0.3, 0.4) is 0 Å². The van der Waals surface area contributed by atoms with Crippen molar-refractivity contribution in [1.29, 1.82) is 0 Å². The fourth-order valence-electron chi connectivity index (χ4n) is 4.24. The van der Waals surface area contributed by atoms with E-state index in [0.29, 0.717) is 24.2 Å². The highest BCUT2D eigenvalue weighted by molar-refractivity contribution is 5.93. The number of aliphatic hydroxyl groups excluding tert-OH is 1. The van der Waals surface area contributed by atoms with Crippen molar-refractivity contribution in [2.24, 2.45) is 17.8 Å². The summed E-state index contributed by atoms with van der Waals surface area (Å²) in [6.45, 7) is 4.40. The lowest BCUT2D eigenvalue weighted by atomic mass is 9.71. The average molecular weight is 337 g/mol. The molecular formula is C19H31NO4. The maximum atomic E-state index is 12.5. The van der Waals surface area contributed by atoms with Crippen LogP contribution in [-0.4, -0.2) is 48.5 Å². The minimum Gasteiger partial charge on any atom is -0.459 e. The van der Waals surface area contributed by atoms with Gasteiger partial charge in [-0.05, 0) is 50.5 Å². The Hall–Kier alpha value is -1.07. The Labute approximate surface area is 145 Å². The standard InChI is InChI=1S/C19H31NO4/c1-2-23-19-15(9-6-12-21)16(14-7-4-3-5-8-14)13-17(24-19)18(22)20-10-11-20/h13-16,19,21H,2-12H2,1H3/t15-,16-,19-/m1/s1. The number of carbonyl (C=O) groups is 1. The summed E-state index contributed by atoms with van der Waals surface area (Å²) in [7, 11) is 0. The Morgan fingerprint density at radius 3 is 2.71 bits per heavy atom. The molecule has 1 N–H and O–H groups in total. The van der Waals surface area contributed by atoms with Gasteiger partial charge in [-0.2, -0.15) is 0 Å². The van der Waals surface area contributed by atoms with Gasteiger partial charge in [-0.1, -0.05) is 19.3 Å². The first-order chi connectivity index (χ1) is 11.7. The maximum absolute atomic E-state index is 12.5. The highest BCUT2D eigenvalue weighted by Crippen LogP contribution is 2.42. The Morgan fingerprint density at radius 2 is 2.08 bits per heavy atom. The van der Waals surface area contributed by atoms with Crippen LogP contribution < -0.4 is 0 Å². The molecule has 0 aromatic rings. The molecule has 1 amide bonds. The number of carbonyl (C=O) groups excluding carboxylic acids is 1. The van der Waals surface area contributed by atoms with Crippen molar-refractivity contribution >= 4 is 5.91 Å². The number of amides is 1. The molecule has 136 valence electrons. The topological polar surface area (TPSA) is 58.8 Å². The summed E-state index contributed by atoms with van der Waals surface area (Å²) in [5.74, 6) is 1.65. The lowest BCUT2D eigenvalue weighted by molar-refractivity contribution is -0.178. The second kappa shape index (κ2) is 8.34. The molecule has 0 aromatic carbocycles. The lowest BCUT2D eigenvalue weighted by Crippen LogP contribution is -2.41. The molecule has 24 heavy (non-hydrogen) atoms. The minimum absolute atomic E-state index is 0.0149. The Kier molecular flexibility index (Phi) is 6.17. The summed E-state index contributed by atoms with van der Waals surface area (Å²) in [5, 5.41) is 9.27. The highest BCUT2D eigenvalue weighted by Gasteiger charge is 2.42. The third kappa shape index (κ3) is 4.12. The predicted molar refractivity (Wildman–Crippen MR) is 91.0 cm³/mol. The quantitative estimate of drug-likeness (QED) is 0.726. The van der Waals surface area contributed by atoms with Gasteiger partial charge >= 0.3 is 0 Å². The van der Waals surface area contributed by atoms with Crippen LogP contribution in [0.5, 0.6) is 0 Å². The van der Waals surface area contributed by atoms with E-state index in [0.717, 1.165) is 25.9 Å². The predicted octanol–water partition coefficient (Wildman–Crippen LogP) is 2.69. The van der Waals surface area contributed by atoms with Crippen LogP contribution in [0.4, 0.5) is 0 Å². The molecular weight excluding hydrogens is 306 g/mol. The molecule has 0 spiro atoms. The van der Waals surface area contributed by atoms with Crippen LogP contribution in [0.25, 0.3) is 0 Å². The van der Waals surface area contributed by atoms with Crippen molar-refractivity contribution in [3.05, 3.63) is 11.8 Å². The highest BCUT2D eigenvalue weighted by atomic mass is 16.7. The average Bonchev–Trinajstić information content (AvgIpc) is 3.45. The first kappa shape index (κ1) is 17.7. The van der Waals surface area contributed by atoms with E-state index in [9.17, 15) is 9.90 Å². The summed E-state index contributed by atoms with van der Waals surface area (Å²) < 4.78 is 11.9. The molecule has 0 unspecified atom stereocenters. The van der Waals surface area contributed by atoms with Crippen LogP contribution in [0.15, 0.2) is 11.8 Å². The lowest BCUT2D eigenvalue weighted by Gasteiger charge is -2.41. The summed E-state index contributed by atoms with van der Waals surface area (Å²) in [6, 6.07) is 0. The van der Waals surface area contributed by atoms with E-state index in [1.54, 1.807) is 4.90 Å². The number of allylic oxidation sites excluding steroid dienone is 1. The van der Waals surface area contributed by atoms with Crippen molar-refractivity contribution in [3.8, 4) is 0 Å². The normalized spacial score (nSPS) is 30.7. The SMILES string of the molecule is CCO[C@@H]1OC(C(=O)N2CC2)=C[C@H](C2CCCCC2)[C@H]1CCCO. The van der Waals surface area contributed by atoms with Gasteiger partial charge in [0.25, 0.3) is 5.91 Å². The summed E-state index contributed by atoms with van der Waals surface area (Å²) in [4.78, 5) is 14.3. The van der Waals surface area contributed by atoms with Crippen LogP contribution in [0, 0.1) is 17.8 Å². The number of nitrogens with zero attached hydrogens (tertiary/aromatic N) is 1. The molecule has 2 heterocycles. The molecule has 0 radical (unpaired) electrons. The second-order valence-corrected chi connectivity index (χ2v) is 7.27. The third-order valence-electron chi connectivity index (χ3n) is 5.60. The molecule has 2 aliphatic heterocycles. The zero-order valence-corrected chi connectivity index (χ0v) is 14.8. The first-order valence-electron chi connectivity index (χ1n) is 9.64. The first-order valence-corrected chi connectivity index (χ1v) is 9.64. The monoisotopic (exact) mass is 337 g/mol. The van der Waals surface area contributed by atoms with Crippen molar-refractivity contribution in [2.75, 3.05) is 26.3 Å². The summed E-state index contributed by atoms with van der Waals surface area (Å²) >= 11 is 0. The smallest absolute Gasteiger partial charge is 0.288 e. The number of rotatable bonds is 7. The van der Waals surface area contributed by atoms with Crippen molar-refractivity contribution in [2.45, 2.75) is 58.2 Å². The second-order valence-electron chi connectivity index (χ2n) is 7.27. The largest absolute Gasteiger partial charge is 0.459 e. The van der Waals surface area contributed by atoms with E-state index < -0.39 is 0 Å². The van der Waals surface area contributed by atoms with E-state index in [-0.39, 0.29) is 24.7 Å². The molecule has 2 fully saturated rings. The van der Waals surface area contributed by atoms with Gasteiger partial charge in [0.1, 0.15) is 0 Å². The van der Waals surface area contributed by atoms with Gasteiger partial charge in [0, 0.05) is 32.2 Å². The molecule has 0 bridgehead atoms. The van der Waals surface area contributed by atoms with Gasteiger partial charge in [-0.25, -0.2) is 0 Å². The minimum atomic E-state index is -0.364. The summed E-state index contributed by atoms with van der Waals surface area (Å²) in [5.41, 5.74) is 0. The fraction of sp³-hybridized carbons (Fsp3) is 0.842. The summed E-state index contributed by atoms with van der Waals surface area (Å²) in [6.07, 6.45) is 9.68. The van der Waals surface area contributed by atoms with Crippen molar-refractivity contribution in [1.82, 2.24) is 4.90 Å². The van der Waals surface area contributed by atoms with Gasteiger partial charge in [-0.15, -0.1) is 0 Å². The number of hydrogen-bond donors (Lipinski definition) is 1. The molecule has 3 aliphatic rings. The van der Waals surface area contributed by atoms with Crippen LogP contribution in [0.1, 0.15) is 51.9 Å². The maximum Gasteiger partial charge on any atom is 0.288 e. The van der Waals surface area contributed by atoms with Crippen LogP contribution >= 0.6 is 0 Å². The van der Waals surface area contributed by atoms with Crippen molar-refractivity contribution in [3.63, 3.8) is 0 Å². The number of hydrogen-bond acceptors (Lipinski definition) is 4. The van der Waals surface area contributed by atoms with E-state index in [2.05, 4.69) is 6.08 Å². The molecule has 5 heteroatoms. The molecule has 3 rings (SSSR count). The third-order valence-corrected chi connectivity index (χ3v) is 5.60. The van der Waals surface area contributed by atoms with E-state index in [4.69, 9.17) is 9.47 Å². The molecule has 1 saturated carbocycles. The van der Waals surface area contributed by atoms with Gasteiger partial charge in [0.2, 0.25) is 6.29 Å². The van der Waals surface area contributed by atoms with Gasteiger partial charge in [0.05, 0.1) is 0 Å². The fourth-order valence-corrected chi connectivity index (χ4v) is 4.24. The molecule has 5 nitrogen and oxygen atoms in total. The van der Waals surface area contributed by atoms with Crippen LogP contribution in [-0.2, 0) is 14.3 Å². The van der Waals surface area contributed by atoms with E-state index >= 15 is 0 Å². The zero-order valence-electron chi connectivity index (χ0n) is 14.8.